The molecule has 0 bridgehead atoms. The average Bonchev–Trinajstić information content (AvgIpc) is 3.38. The maximum absolute atomic E-state index is 12.8. The van der Waals surface area contributed by atoms with E-state index in [-0.39, 0.29) is 17.0 Å². The lowest BCUT2D eigenvalue weighted by Crippen LogP contribution is -2.22. The summed E-state index contributed by atoms with van der Waals surface area (Å²) in [5.41, 5.74) is 0.820. The number of ether oxygens (including phenoxy) is 3. The molecule has 0 radical (unpaired) electrons. The Kier molecular flexibility index (Phi) is 8.34. The first-order chi connectivity index (χ1) is 16.0. The van der Waals surface area contributed by atoms with Crippen molar-refractivity contribution in [3.63, 3.8) is 0 Å². The third-order valence-electron chi connectivity index (χ3n) is 4.45. The van der Waals surface area contributed by atoms with E-state index in [1.54, 1.807) is 29.6 Å². The van der Waals surface area contributed by atoms with Crippen LogP contribution in [-0.4, -0.2) is 44.9 Å². The van der Waals surface area contributed by atoms with Crippen molar-refractivity contribution in [3.05, 3.63) is 64.4 Å². The van der Waals surface area contributed by atoms with Gasteiger partial charge in [0.2, 0.25) is 0 Å². The molecule has 0 fully saturated rings. The van der Waals surface area contributed by atoms with Gasteiger partial charge in [0.05, 0.1) is 36.0 Å². The van der Waals surface area contributed by atoms with Gasteiger partial charge in [-0.3, -0.25) is 9.59 Å². The van der Waals surface area contributed by atoms with Gasteiger partial charge in [0.25, 0.3) is 11.8 Å². The Labute approximate surface area is 199 Å². The fraction of sp³-hybridized carbons (Fsp3) is 0.174. The van der Waals surface area contributed by atoms with Gasteiger partial charge in [0.1, 0.15) is 0 Å². The van der Waals surface area contributed by atoms with E-state index >= 15 is 0 Å². The van der Waals surface area contributed by atoms with Crippen LogP contribution < -0.4 is 20.1 Å². The van der Waals surface area contributed by atoms with Crippen LogP contribution in [0.25, 0.3) is 0 Å². The molecule has 8 nitrogen and oxygen atoms in total. The molecule has 0 unspecified atom stereocenters. The van der Waals surface area contributed by atoms with Crippen molar-refractivity contribution >= 4 is 52.3 Å². The molecule has 2 amide bonds. The Bertz CT molecular complexity index is 1150. The van der Waals surface area contributed by atoms with Crippen molar-refractivity contribution in [2.45, 2.75) is 4.90 Å². The van der Waals surface area contributed by atoms with Crippen LogP contribution in [0, 0.1) is 0 Å². The molecule has 1 heterocycles. The van der Waals surface area contributed by atoms with Crippen molar-refractivity contribution in [1.29, 1.82) is 0 Å². The molecular weight excluding hydrogens is 464 g/mol. The van der Waals surface area contributed by atoms with Crippen LogP contribution in [0.2, 0.25) is 0 Å². The van der Waals surface area contributed by atoms with Crippen LogP contribution in [0.1, 0.15) is 20.0 Å². The summed E-state index contributed by atoms with van der Waals surface area (Å²) in [6.07, 6.45) is 1.90. The normalized spacial score (nSPS) is 10.3. The highest BCUT2D eigenvalue weighted by Crippen LogP contribution is 2.34. The van der Waals surface area contributed by atoms with Crippen LogP contribution in [0.15, 0.2) is 58.8 Å². The molecule has 0 atom stereocenters. The van der Waals surface area contributed by atoms with Crippen molar-refractivity contribution in [2.75, 3.05) is 37.7 Å². The van der Waals surface area contributed by atoms with Crippen LogP contribution in [0.3, 0.4) is 0 Å². The van der Waals surface area contributed by atoms with Crippen molar-refractivity contribution < 1.29 is 28.6 Å². The van der Waals surface area contributed by atoms with Crippen LogP contribution in [0.4, 0.5) is 11.4 Å². The molecule has 1 aromatic heterocycles. The smallest absolute Gasteiger partial charge is 0.340 e. The summed E-state index contributed by atoms with van der Waals surface area (Å²) in [6, 6.07) is 13.6. The molecule has 0 aliphatic heterocycles. The number of hydrogen-bond acceptors (Lipinski definition) is 8. The van der Waals surface area contributed by atoms with Crippen molar-refractivity contribution in [2.24, 2.45) is 0 Å². The lowest BCUT2D eigenvalue weighted by atomic mass is 10.1. The molecule has 0 spiro atoms. The van der Waals surface area contributed by atoms with E-state index in [9.17, 15) is 14.4 Å². The second-order valence-electron chi connectivity index (χ2n) is 6.51. The van der Waals surface area contributed by atoms with E-state index in [2.05, 4.69) is 10.6 Å². The number of esters is 1. The van der Waals surface area contributed by atoms with E-state index < -0.39 is 24.4 Å². The molecule has 172 valence electrons. The average molecular weight is 487 g/mol. The van der Waals surface area contributed by atoms with Gasteiger partial charge in [-0.05, 0) is 29.8 Å². The number of carbonyl (C=O) groups is 3. The lowest BCUT2D eigenvalue weighted by Gasteiger charge is -2.15. The SMILES string of the molecule is COc1cc(NC(=O)c2cccs2)c(C(=O)OCC(=O)Nc2ccccc2SC)cc1OC. The lowest BCUT2D eigenvalue weighted by molar-refractivity contribution is -0.119. The minimum Gasteiger partial charge on any atom is -0.493 e. The Morgan fingerprint density at radius 2 is 1.67 bits per heavy atom. The van der Waals surface area contributed by atoms with Gasteiger partial charge in [-0.2, -0.15) is 0 Å². The number of hydrogen-bond donors (Lipinski definition) is 2. The van der Waals surface area contributed by atoms with Gasteiger partial charge in [-0.25, -0.2) is 4.79 Å². The number of amides is 2. The predicted octanol–water partition coefficient (Wildman–Crippen LogP) is 4.54. The first kappa shape index (κ1) is 24.1. The summed E-state index contributed by atoms with van der Waals surface area (Å²) in [6.45, 7) is -0.506. The van der Waals surface area contributed by atoms with Gasteiger partial charge in [-0.1, -0.05) is 18.2 Å². The minimum atomic E-state index is -0.800. The Morgan fingerprint density at radius 1 is 0.939 bits per heavy atom. The van der Waals surface area contributed by atoms with Crippen LogP contribution in [-0.2, 0) is 9.53 Å². The molecule has 10 heteroatoms. The standard InChI is InChI=1S/C23H22N2O6S2/c1-29-17-11-14(16(12-18(17)30-2)25-22(27)20-9-6-10-33-20)23(28)31-13-21(26)24-15-7-4-5-8-19(15)32-3/h4-12H,13H2,1-3H3,(H,24,26)(H,25,27). The number of methoxy groups -OCH3 is 2. The number of thioether (sulfide) groups is 1. The molecule has 2 aromatic carbocycles. The van der Waals surface area contributed by atoms with Crippen molar-refractivity contribution in [3.8, 4) is 11.5 Å². The zero-order chi connectivity index (χ0) is 23.8. The number of thiophene rings is 1. The number of para-hydroxylation sites is 1. The van der Waals surface area contributed by atoms with Gasteiger partial charge in [-0.15, -0.1) is 23.1 Å². The fourth-order valence-electron chi connectivity index (χ4n) is 2.89. The summed E-state index contributed by atoms with van der Waals surface area (Å²) >= 11 is 2.75. The Hall–Kier alpha value is -3.50. The Morgan fingerprint density at radius 3 is 2.33 bits per heavy atom. The summed E-state index contributed by atoms with van der Waals surface area (Å²) in [7, 11) is 2.87. The fourth-order valence-corrected chi connectivity index (χ4v) is 4.06. The van der Waals surface area contributed by atoms with E-state index in [4.69, 9.17) is 14.2 Å². The van der Waals surface area contributed by atoms with Gasteiger partial charge in [0.15, 0.2) is 18.1 Å². The molecule has 0 saturated carbocycles. The number of nitrogens with one attached hydrogen (secondary N) is 2. The maximum atomic E-state index is 12.8. The van der Waals surface area contributed by atoms with E-state index in [1.807, 2.05) is 18.4 Å². The highest BCUT2D eigenvalue weighted by Gasteiger charge is 2.21. The Balaban J connectivity index is 1.77. The number of anilines is 2. The monoisotopic (exact) mass is 486 g/mol. The molecule has 3 aromatic rings. The predicted molar refractivity (Wildman–Crippen MR) is 129 cm³/mol. The topological polar surface area (TPSA) is 103 Å². The highest BCUT2D eigenvalue weighted by atomic mass is 32.2. The second kappa shape index (κ2) is 11.4. The van der Waals surface area contributed by atoms with Gasteiger partial charge >= 0.3 is 5.97 Å². The zero-order valence-electron chi connectivity index (χ0n) is 18.2. The first-order valence-corrected chi connectivity index (χ1v) is 11.8. The molecular formula is C23H22N2O6S2. The molecule has 3 rings (SSSR count). The third kappa shape index (κ3) is 6.05. The van der Waals surface area contributed by atoms with E-state index in [0.717, 1.165) is 4.90 Å². The highest BCUT2D eigenvalue weighted by molar-refractivity contribution is 7.98. The summed E-state index contributed by atoms with van der Waals surface area (Å²) in [4.78, 5) is 39.1. The van der Waals surface area contributed by atoms with E-state index in [0.29, 0.717) is 16.3 Å². The van der Waals surface area contributed by atoms with Gasteiger partial charge in [0, 0.05) is 17.0 Å². The maximum Gasteiger partial charge on any atom is 0.340 e. The molecule has 0 aliphatic rings. The zero-order valence-corrected chi connectivity index (χ0v) is 19.8. The number of rotatable bonds is 9. The largest absolute Gasteiger partial charge is 0.493 e. The summed E-state index contributed by atoms with van der Waals surface area (Å²) in [5, 5.41) is 7.19. The van der Waals surface area contributed by atoms with Crippen molar-refractivity contribution in [1.82, 2.24) is 0 Å². The van der Waals surface area contributed by atoms with Crippen LogP contribution >= 0.6 is 23.1 Å². The minimum absolute atomic E-state index is 0.0230. The van der Waals surface area contributed by atoms with E-state index in [1.165, 1.54) is 49.5 Å². The number of benzene rings is 2. The quantitative estimate of drug-likeness (QED) is 0.338. The van der Waals surface area contributed by atoms with Gasteiger partial charge < -0.3 is 24.8 Å². The number of carbonyl (C=O) groups excluding carboxylic acids is 3. The molecule has 33 heavy (non-hydrogen) atoms. The van der Waals surface area contributed by atoms with Crippen LogP contribution in [0.5, 0.6) is 11.5 Å². The molecule has 0 aliphatic carbocycles. The third-order valence-corrected chi connectivity index (χ3v) is 6.12. The second-order valence-corrected chi connectivity index (χ2v) is 8.30. The molecule has 0 saturated heterocycles. The molecule has 2 N–H and O–H groups in total. The first-order valence-electron chi connectivity index (χ1n) is 9.67. The summed E-state index contributed by atoms with van der Waals surface area (Å²) < 4.78 is 15.8. The summed E-state index contributed by atoms with van der Waals surface area (Å²) in [5.74, 6) is -1.09.